The van der Waals surface area contributed by atoms with Crippen LogP contribution in [-0.4, -0.2) is 6.04 Å². The minimum absolute atomic E-state index is 0.0503. The predicted molar refractivity (Wildman–Crippen MR) is 190 cm³/mol. The highest BCUT2D eigenvalue weighted by molar-refractivity contribution is 7.99. The summed E-state index contributed by atoms with van der Waals surface area (Å²) in [6.45, 7) is 4.70. The van der Waals surface area contributed by atoms with Gasteiger partial charge in [0.2, 0.25) is 0 Å². The lowest BCUT2D eigenvalue weighted by atomic mass is 9.77. The van der Waals surface area contributed by atoms with Crippen molar-refractivity contribution < 1.29 is 0 Å². The maximum absolute atomic E-state index is 3.31. The molecule has 6 aromatic rings. The lowest BCUT2D eigenvalue weighted by Gasteiger charge is -2.35. The number of allylic oxidation sites excluding steroid dienone is 2. The molecule has 1 aliphatic heterocycles. The molecule has 8 rings (SSSR count). The van der Waals surface area contributed by atoms with Crippen molar-refractivity contribution in [1.82, 2.24) is 0 Å². The molecule has 1 atom stereocenters. The predicted octanol–water partition coefficient (Wildman–Crippen LogP) is 11.4. The van der Waals surface area contributed by atoms with Crippen molar-refractivity contribution in [2.24, 2.45) is 0 Å². The summed E-state index contributed by atoms with van der Waals surface area (Å²) in [5.74, 6) is 0. The van der Waals surface area contributed by atoms with Gasteiger partial charge in [0.15, 0.2) is 0 Å². The molecule has 0 spiro atoms. The molecule has 0 N–H and O–H groups in total. The van der Waals surface area contributed by atoms with Crippen molar-refractivity contribution in [1.29, 1.82) is 0 Å². The Bertz CT molecular complexity index is 2080. The van der Waals surface area contributed by atoms with Crippen LogP contribution in [0.15, 0.2) is 155 Å². The molecule has 45 heavy (non-hydrogen) atoms. The molecule has 2 heteroatoms. The molecular weight excluding hydrogens is 563 g/mol. The summed E-state index contributed by atoms with van der Waals surface area (Å²) in [6, 6.07) is 52.9. The standard InChI is InChI=1S/C43H33NS/c1-43(2)38-16-8-9-18-41(38)45-42-28-23-34(29-39(42)43)32-21-26-36(27-22-32)44(40-17-10-14-33-13-6-7-15-37(33)40)35-24-19-31(20-25-35)30-11-4-3-5-12-30/h3-9,11-13,15-24,26-29,35H,25H2,1-2H3. The zero-order valence-electron chi connectivity index (χ0n) is 25.5. The second-order valence-electron chi connectivity index (χ2n) is 12.4. The third kappa shape index (κ3) is 4.95. The van der Waals surface area contributed by atoms with E-state index in [1.807, 2.05) is 11.8 Å². The van der Waals surface area contributed by atoms with Crippen molar-refractivity contribution in [2.45, 2.75) is 41.5 Å². The average Bonchev–Trinajstić information content (AvgIpc) is 3.10. The van der Waals surface area contributed by atoms with Gasteiger partial charge in [-0.2, -0.15) is 0 Å². The van der Waals surface area contributed by atoms with E-state index in [0.29, 0.717) is 0 Å². The van der Waals surface area contributed by atoms with Gasteiger partial charge in [-0.25, -0.2) is 0 Å². The molecule has 0 radical (unpaired) electrons. The molecule has 2 aliphatic rings. The van der Waals surface area contributed by atoms with E-state index in [9.17, 15) is 0 Å². The lowest BCUT2D eigenvalue weighted by molar-refractivity contribution is 0.607. The topological polar surface area (TPSA) is 3.24 Å². The first kappa shape index (κ1) is 27.6. The third-order valence-electron chi connectivity index (χ3n) is 9.31. The summed E-state index contributed by atoms with van der Waals surface area (Å²) in [6.07, 6.45) is 7.90. The quantitative estimate of drug-likeness (QED) is 0.195. The van der Waals surface area contributed by atoms with Crippen molar-refractivity contribution >= 4 is 39.5 Å². The van der Waals surface area contributed by atoms with E-state index in [2.05, 4.69) is 177 Å². The largest absolute Gasteiger partial charge is 0.333 e. The summed E-state index contributed by atoms with van der Waals surface area (Å²) < 4.78 is 0. The van der Waals surface area contributed by atoms with Crippen LogP contribution in [-0.2, 0) is 5.41 Å². The zero-order valence-corrected chi connectivity index (χ0v) is 26.3. The summed E-state index contributed by atoms with van der Waals surface area (Å²) in [4.78, 5) is 5.17. The van der Waals surface area contributed by atoms with Gasteiger partial charge in [-0.05, 0) is 76.2 Å². The fourth-order valence-corrected chi connectivity index (χ4v) is 8.24. The van der Waals surface area contributed by atoms with Gasteiger partial charge in [-0.15, -0.1) is 0 Å². The average molecular weight is 596 g/mol. The number of fused-ring (bicyclic) bond motifs is 3. The van der Waals surface area contributed by atoms with E-state index >= 15 is 0 Å². The Kier molecular flexibility index (Phi) is 6.85. The number of rotatable bonds is 5. The monoisotopic (exact) mass is 595 g/mol. The maximum Gasteiger partial charge on any atom is 0.0587 e. The molecule has 1 nitrogen and oxygen atoms in total. The lowest BCUT2D eigenvalue weighted by Crippen LogP contribution is -2.30. The molecule has 1 heterocycles. The van der Waals surface area contributed by atoms with Gasteiger partial charge in [-0.1, -0.05) is 141 Å². The van der Waals surface area contributed by atoms with Gasteiger partial charge >= 0.3 is 0 Å². The zero-order chi connectivity index (χ0) is 30.4. The smallest absolute Gasteiger partial charge is 0.0587 e. The fraction of sp³-hybridized carbons (Fsp3) is 0.116. The molecule has 1 unspecified atom stereocenters. The summed E-state index contributed by atoms with van der Waals surface area (Å²) >= 11 is 1.88. The third-order valence-corrected chi connectivity index (χ3v) is 10.5. The Morgan fingerprint density at radius 2 is 1.44 bits per heavy atom. The van der Waals surface area contributed by atoms with E-state index in [-0.39, 0.29) is 11.5 Å². The number of nitrogens with zero attached hydrogens (tertiary/aromatic N) is 1. The molecule has 0 amide bonds. The van der Waals surface area contributed by atoms with Crippen molar-refractivity contribution in [3.8, 4) is 11.1 Å². The Balaban J connectivity index is 1.16. The number of anilines is 2. The van der Waals surface area contributed by atoms with E-state index in [4.69, 9.17) is 0 Å². The molecule has 0 fully saturated rings. The summed E-state index contributed by atoms with van der Waals surface area (Å²) in [7, 11) is 0. The van der Waals surface area contributed by atoms with E-state index in [1.54, 1.807) is 0 Å². The van der Waals surface area contributed by atoms with Crippen LogP contribution in [0.4, 0.5) is 11.4 Å². The van der Waals surface area contributed by atoms with Crippen LogP contribution in [0.3, 0.4) is 0 Å². The molecule has 0 aromatic heterocycles. The second kappa shape index (κ2) is 11.2. The summed E-state index contributed by atoms with van der Waals surface area (Å²) in [5.41, 5.74) is 10.1. The van der Waals surface area contributed by atoms with Crippen LogP contribution < -0.4 is 4.90 Å². The molecule has 1 aliphatic carbocycles. The normalized spacial score (nSPS) is 16.3. The minimum Gasteiger partial charge on any atom is -0.333 e. The molecule has 0 bridgehead atoms. The van der Waals surface area contributed by atoms with Gasteiger partial charge in [-0.3, -0.25) is 0 Å². The van der Waals surface area contributed by atoms with Crippen LogP contribution >= 0.6 is 11.8 Å². The molecule has 216 valence electrons. The van der Waals surface area contributed by atoms with Crippen LogP contribution in [0.25, 0.3) is 27.5 Å². The highest BCUT2D eigenvalue weighted by atomic mass is 32.2. The first-order chi connectivity index (χ1) is 22.1. The molecular formula is C43H33NS. The van der Waals surface area contributed by atoms with Crippen LogP contribution in [0.5, 0.6) is 0 Å². The number of benzene rings is 5. The van der Waals surface area contributed by atoms with Crippen LogP contribution in [0.1, 0.15) is 37.0 Å². The van der Waals surface area contributed by atoms with Gasteiger partial charge in [0, 0.05) is 37.7 Å². The van der Waals surface area contributed by atoms with E-state index < -0.39 is 0 Å². The van der Waals surface area contributed by atoms with Gasteiger partial charge in [0.1, 0.15) is 0 Å². The Morgan fingerprint density at radius 1 is 0.711 bits per heavy atom. The van der Waals surface area contributed by atoms with Crippen molar-refractivity contribution in [3.05, 3.63) is 174 Å². The fourth-order valence-electron chi connectivity index (χ4n) is 6.87. The SMILES string of the molecule is CC1(C)c2ccccc2Sc2ccc(-c3ccc(N(c4cc#cc5ccccc45)C4C=CC(c5ccccc5)=CC4)cc3)cc21. The van der Waals surface area contributed by atoms with E-state index in [0.717, 1.165) is 23.2 Å². The van der Waals surface area contributed by atoms with E-state index in [1.165, 1.54) is 48.6 Å². The Labute approximate surface area is 270 Å². The van der Waals surface area contributed by atoms with Crippen molar-refractivity contribution in [2.75, 3.05) is 4.90 Å². The molecule has 0 saturated heterocycles. The van der Waals surface area contributed by atoms with Gasteiger partial charge in [0.05, 0.1) is 11.7 Å². The highest BCUT2D eigenvalue weighted by Gasteiger charge is 2.33. The highest BCUT2D eigenvalue weighted by Crippen LogP contribution is 2.50. The Hall–Kier alpha value is -4.97. The Morgan fingerprint density at radius 3 is 2.27 bits per heavy atom. The van der Waals surface area contributed by atoms with Crippen molar-refractivity contribution in [3.63, 3.8) is 0 Å². The van der Waals surface area contributed by atoms with Gasteiger partial charge in [0.25, 0.3) is 0 Å². The first-order valence-electron chi connectivity index (χ1n) is 15.6. The maximum atomic E-state index is 3.31. The number of hydrogen-bond acceptors (Lipinski definition) is 2. The second-order valence-corrected chi connectivity index (χ2v) is 13.5. The number of hydrogen-bond donors (Lipinski definition) is 0. The molecule has 6 aromatic carbocycles. The van der Waals surface area contributed by atoms with Crippen LogP contribution in [0, 0.1) is 12.1 Å². The first-order valence-corrected chi connectivity index (χ1v) is 16.4. The van der Waals surface area contributed by atoms with Gasteiger partial charge < -0.3 is 4.90 Å². The minimum atomic E-state index is -0.0503. The van der Waals surface area contributed by atoms with Crippen LogP contribution in [0.2, 0.25) is 0 Å². The summed E-state index contributed by atoms with van der Waals surface area (Å²) in [5, 5.41) is 2.26. The molecule has 0 saturated carbocycles.